The molecule has 4 aliphatic rings. The Morgan fingerprint density at radius 2 is 1.73 bits per heavy atom. The molecule has 114 valence electrons. The number of hydrogen-bond donors (Lipinski definition) is 2. The number of hydrogen-bond acceptors (Lipinski definition) is 2. The van der Waals surface area contributed by atoms with E-state index < -0.39 is 17.8 Å². The van der Waals surface area contributed by atoms with Gasteiger partial charge < -0.3 is 10.4 Å². The quantitative estimate of drug-likeness (QED) is 0.842. The second-order valence-corrected chi connectivity index (χ2v) is 6.87. The molecule has 1 aromatic carbocycles. The molecule has 4 nitrogen and oxygen atoms in total. The average molecular weight is 318 g/mol. The molecule has 0 unspecified atom stereocenters. The number of rotatable bonds is 3. The van der Waals surface area contributed by atoms with Gasteiger partial charge in [-0.25, -0.2) is 0 Å². The molecule has 1 amide bonds. The van der Waals surface area contributed by atoms with E-state index in [1.54, 1.807) is 24.3 Å². The molecule has 2 bridgehead atoms. The highest BCUT2D eigenvalue weighted by atomic mass is 35.5. The Labute approximate surface area is 133 Å². The number of carboxylic acid groups (broad SMARTS) is 1. The van der Waals surface area contributed by atoms with Gasteiger partial charge in [-0.05, 0) is 42.2 Å². The number of halogens is 1. The van der Waals surface area contributed by atoms with Crippen LogP contribution < -0.4 is 5.32 Å². The molecular formula is C17H16ClNO3. The minimum absolute atomic E-state index is 0.00510. The van der Waals surface area contributed by atoms with Gasteiger partial charge in [0.15, 0.2) is 0 Å². The van der Waals surface area contributed by atoms with Crippen LogP contribution in [0.4, 0.5) is 5.69 Å². The van der Waals surface area contributed by atoms with Crippen LogP contribution in [-0.4, -0.2) is 17.0 Å². The van der Waals surface area contributed by atoms with Gasteiger partial charge in [-0.3, -0.25) is 9.59 Å². The van der Waals surface area contributed by atoms with E-state index in [2.05, 4.69) is 11.4 Å². The number of carbonyl (C=O) groups excluding carboxylic acids is 1. The van der Waals surface area contributed by atoms with E-state index in [0.29, 0.717) is 22.5 Å². The summed E-state index contributed by atoms with van der Waals surface area (Å²) in [4.78, 5) is 24.4. The lowest BCUT2D eigenvalue weighted by atomic mass is 9.62. The summed E-state index contributed by atoms with van der Waals surface area (Å²) in [6.07, 6.45) is 5.11. The number of carbonyl (C=O) groups is 2. The highest BCUT2D eigenvalue weighted by Gasteiger charge is 2.62. The fraction of sp³-hybridized carbons (Fsp3) is 0.412. The van der Waals surface area contributed by atoms with Gasteiger partial charge in [-0.15, -0.1) is 0 Å². The van der Waals surface area contributed by atoms with Gasteiger partial charge >= 0.3 is 5.97 Å². The van der Waals surface area contributed by atoms with Crippen LogP contribution >= 0.6 is 11.6 Å². The molecule has 0 heterocycles. The van der Waals surface area contributed by atoms with Crippen LogP contribution in [0.1, 0.15) is 6.42 Å². The van der Waals surface area contributed by atoms with Crippen molar-refractivity contribution in [1.29, 1.82) is 0 Å². The molecule has 0 spiro atoms. The summed E-state index contributed by atoms with van der Waals surface area (Å²) in [5, 5.41) is 12.9. The fourth-order valence-corrected chi connectivity index (χ4v) is 4.53. The van der Waals surface area contributed by atoms with E-state index in [0.717, 1.165) is 6.42 Å². The van der Waals surface area contributed by atoms with Crippen LogP contribution in [0.5, 0.6) is 0 Å². The van der Waals surface area contributed by atoms with E-state index in [1.807, 2.05) is 6.08 Å². The van der Waals surface area contributed by atoms with Crippen molar-refractivity contribution in [2.24, 2.45) is 35.5 Å². The summed E-state index contributed by atoms with van der Waals surface area (Å²) in [6.45, 7) is 0. The van der Waals surface area contributed by atoms with E-state index in [9.17, 15) is 14.7 Å². The number of carboxylic acids is 1. The fourth-order valence-electron chi connectivity index (χ4n) is 4.35. The third-order valence-corrected chi connectivity index (χ3v) is 5.70. The molecule has 0 radical (unpaired) electrons. The largest absolute Gasteiger partial charge is 0.481 e. The summed E-state index contributed by atoms with van der Waals surface area (Å²) in [5.74, 6) is -1.26. The number of amides is 1. The van der Waals surface area contributed by atoms with E-state index in [1.165, 1.54) is 0 Å². The SMILES string of the molecule is O=C(O)[C@@H]1[C@@H]2C=C[C@@H]([C@@H]3C[C@H]23)[C@@H]1C(=O)Nc1ccccc1Cl. The summed E-state index contributed by atoms with van der Waals surface area (Å²) >= 11 is 6.08. The number of nitrogens with one attached hydrogen (secondary N) is 1. The van der Waals surface area contributed by atoms with Crippen LogP contribution in [0.15, 0.2) is 36.4 Å². The normalized spacial score (nSPS) is 37.5. The highest BCUT2D eigenvalue weighted by Crippen LogP contribution is 2.63. The minimum Gasteiger partial charge on any atom is -0.481 e. The number of benzene rings is 1. The van der Waals surface area contributed by atoms with Crippen LogP contribution in [0, 0.1) is 35.5 Å². The summed E-state index contributed by atoms with van der Waals surface area (Å²) in [7, 11) is 0. The predicted molar refractivity (Wildman–Crippen MR) is 82.4 cm³/mol. The molecule has 0 saturated heterocycles. The molecule has 5 rings (SSSR count). The van der Waals surface area contributed by atoms with E-state index in [4.69, 9.17) is 11.6 Å². The molecule has 6 atom stereocenters. The predicted octanol–water partition coefficient (Wildman–Crippen LogP) is 3.05. The Hall–Kier alpha value is -1.81. The van der Waals surface area contributed by atoms with Gasteiger partial charge in [0, 0.05) is 0 Å². The lowest BCUT2D eigenvalue weighted by Crippen LogP contribution is -2.48. The average Bonchev–Trinajstić information content (AvgIpc) is 3.30. The van der Waals surface area contributed by atoms with Gasteiger partial charge in [-0.2, -0.15) is 0 Å². The lowest BCUT2D eigenvalue weighted by molar-refractivity contribution is -0.152. The van der Waals surface area contributed by atoms with Crippen LogP contribution in [0.2, 0.25) is 5.02 Å². The van der Waals surface area contributed by atoms with Gasteiger partial charge in [0.2, 0.25) is 5.91 Å². The Morgan fingerprint density at radius 3 is 2.36 bits per heavy atom. The first-order valence-corrected chi connectivity index (χ1v) is 7.92. The smallest absolute Gasteiger partial charge is 0.307 e. The first-order valence-electron chi connectivity index (χ1n) is 7.54. The molecule has 0 aromatic heterocycles. The van der Waals surface area contributed by atoms with E-state index >= 15 is 0 Å². The van der Waals surface area contributed by atoms with Gasteiger partial charge in [0.1, 0.15) is 0 Å². The topological polar surface area (TPSA) is 66.4 Å². The van der Waals surface area contributed by atoms with Crippen molar-refractivity contribution in [2.75, 3.05) is 5.32 Å². The molecule has 5 heteroatoms. The molecule has 2 saturated carbocycles. The lowest BCUT2D eigenvalue weighted by Gasteiger charge is -2.41. The van der Waals surface area contributed by atoms with Gasteiger partial charge in [0.05, 0.1) is 22.5 Å². The minimum atomic E-state index is -0.871. The first-order chi connectivity index (χ1) is 10.6. The second-order valence-electron chi connectivity index (χ2n) is 6.46. The molecular weight excluding hydrogens is 302 g/mol. The number of allylic oxidation sites excluding steroid dienone is 2. The molecule has 1 aromatic rings. The zero-order valence-corrected chi connectivity index (χ0v) is 12.5. The maximum atomic E-state index is 12.7. The highest BCUT2D eigenvalue weighted by molar-refractivity contribution is 6.33. The third kappa shape index (κ3) is 1.97. The van der Waals surface area contributed by atoms with Crippen LogP contribution in [0.25, 0.3) is 0 Å². The Bertz CT molecular complexity index is 686. The maximum absolute atomic E-state index is 12.7. The van der Waals surface area contributed by atoms with Crippen molar-refractivity contribution in [3.8, 4) is 0 Å². The van der Waals surface area contributed by atoms with Crippen LogP contribution in [-0.2, 0) is 9.59 Å². The number of anilines is 1. The zero-order chi connectivity index (χ0) is 15.4. The molecule has 0 aliphatic heterocycles. The van der Waals surface area contributed by atoms with Crippen LogP contribution in [0.3, 0.4) is 0 Å². The zero-order valence-electron chi connectivity index (χ0n) is 11.8. The Morgan fingerprint density at radius 1 is 1.09 bits per heavy atom. The van der Waals surface area contributed by atoms with Gasteiger partial charge in [0.25, 0.3) is 0 Å². The third-order valence-electron chi connectivity index (χ3n) is 5.37. The maximum Gasteiger partial charge on any atom is 0.307 e. The van der Waals surface area contributed by atoms with Crippen molar-refractivity contribution in [2.45, 2.75) is 6.42 Å². The molecule has 4 aliphatic carbocycles. The van der Waals surface area contributed by atoms with E-state index in [-0.39, 0.29) is 17.7 Å². The second kappa shape index (κ2) is 4.85. The Kier molecular flexibility index (Phi) is 3.05. The molecule has 2 N–H and O–H groups in total. The monoisotopic (exact) mass is 317 g/mol. The van der Waals surface area contributed by atoms with Crippen molar-refractivity contribution < 1.29 is 14.7 Å². The summed E-state index contributed by atoms with van der Waals surface area (Å²) in [6, 6.07) is 7.01. The summed E-state index contributed by atoms with van der Waals surface area (Å²) in [5.41, 5.74) is 0.538. The first kappa shape index (κ1) is 13.8. The Balaban J connectivity index is 1.63. The summed E-state index contributed by atoms with van der Waals surface area (Å²) < 4.78 is 0. The number of aliphatic carboxylic acids is 1. The standard InChI is InChI=1S/C17H16ClNO3/c18-12-3-1-2-4-13(12)19-16(20)14-8-5-6-9(11-7-10(8)11)15(14)17(21)22/h1-6,8-11,14-15H,7H2,(H,19,20)(H,21,22)/t8-,9+,10-,11+,14-,15+/m0/s1. The van der Waals surface area contributed by atoms with Crippen molar-refractivity contribution >= 4 is 29.2 Å². The van der Waals surface area contributed by atoms with Gasteiger partial charge in [-0.1, -0.05) is 35.9 Å². The van der Waals surface area contributed by atoms with Crippen molar-refractivity contribution in [1.82, 2.24) is 0 Å². The van der Waals surface area contributed by atoms with Crippen molar-refractivity contribution in [3.05, 3.63) is 41.4 Å². The molecule has 22 heavy (non-hydrogen) atoms. The number of fused-ring (bicyclic) bond motifs is 1. The molecule has 2 fully saturated rings. The van der Waals surface area contributed by atoms with Crippen molar-refractivity contribution in [3.63, 3.8) is 0 Å². The number of para-hydroxylation sites is 1.